The van der Waals surface area contributed by atoms with Crippen LogP contribution in [-0.4, -0.2) is 41.8 Å². The van der Waals surface area contributed by atoms with Crippen LogP contribution < -0.4 is 10.6 Å². The highest BCUT2D eigenvalue weighted by atomic mass is 16.5. The summed E-state index contributed by atoms with van der Waals surface area (Å²) in [5.74, 6) is -2.21. The molecule has 0 fully saturated rings. The number of amides is 2. The Bertz CT molecular complexity index is 944. The molecule has 7 heteroatoms. The Hall–Kier alpha value is -3.35. The first-order valence-corrected chi connectivity index (χ1v) is 11.0. The molecule has 1 aliphatic carbocycles. The Morgan fingerprint density at radius 3 is 2.06 bits per heavy atom. The molecule has 3 unspecified atom stereocenters. The maximum atomic E-state index is 12.6. The minimum absolute atomic E-state index is 0.0666. The molecule has 2 amide bonds. The normalized spacial score (nSPS) is 15.1. The van der Waals surface area contributed by atoms with Gasteiger partial charge in [0.1, 0.15) is 12.6 Å². The van der Waals surface area contributed by atoms with Crippen LogP contribution in [0, 0.1) is 5.92 Å². The molecule has 7 nitrogen and oxygen atoms in total. The number of hydrogen-bond donors (Lipinski definition) is 3. The van der Waals surface area contributed by atoms with Gasteiger partial charge in [0.15, 0.2) is 0 Å². The number of ether oxygens (including phenoxy) is 1. The number of carboxylic acids is 1. The van der Waals surface area contributed by atoms with E-state index in [0.29, 0.717) is 12.8 Å². The zero-order chi connectivity index (χ0) is 23.3. The predicted octanol–water partition coefficient (Wildman–Crippen LogP) is 3.92. The Morgan fingerprint density at radius 1 is 0.969 bits per heavy atom. The molecule has 3 N–H and O–H groups in total. The Kier molecular flexibility index (Phi) is 7.51. The first-order chi connectivity index (χ1) is 15.3. The number of fused-ring (bicyclic) bond motifs is 3. The molecule has 1 aliphatic rings. The van der Waals surface area contributed by atoms with Crippen molar-refractivity contribution in [3.63, 3.8) is 0 Å². The van der Waals surface area contributed by atoms with Gasteiger partial charge in [0.25, 0.3) is 0 Å². The van der Waals surface area contributed by atoms with Gasteiger partial charge in [0, 0.05) is 12.0 Å². The third-order valence-corrected chi connectivity index (χ3v) is 6.04. The zero-order valence-electron chi connectivity index (χ0n) is 18.6. The van der Waals surface area contributed by atoms with E-state index >= 15 is 0 Å². The lowest BCUT2D eigenvalue weighted by Crippen LogP contribution is -2.51. The predicted molar refractivity (Wildman–Crippen MR) is 121 cm³/mol. The smallest absolute Gasteiger partial charge is 0.407 e. The van der Waals surface area contributed by atoms with Gasteiger partial charge in [-0.1, -0.05) is 61.9 Å². The van der Waals surface area contributed by atoms with Crippen molar-refractivity contribution in [2.24, 2.45) is 5.92 Å². The van der Waals surface area contributed by atoms with Crippen molar-refractivity contribution in [2.45, 2.75) is 51.6 Å². The molecule has 0 heterocycles. The summed E-state index contributed by atoms with van der Waals surface area (Å²) in [5, 5.41) is 14.5. The highest BCUT2D eigenvalue weighted by molar-refractivity contribution is 5.86. The van der Waals surface area contributed by atoms with Gasteiger partial charge in [-0.05, 0) is 42.5 Å². The molecule has 0 aliphatic heterocycles. The second-order valence-corrected chi connectivity index (χ2v) is 8.24. The van der Waals surface area contributed by atoms with Crippen LogP contribution in [0.4, 0.5) is 4.79 Å². The summed E-state index contributed by atoms with van der Waals surface area (Å²) < 4.78 is 5.53. The molecule has 32 heavy (non-hydrogen) atoms. The van der Waals surface area contributed by atoms with Crippen LogP contribution in [0.2, 0.25) is 0 Å². The van der Waals surface area contributed by atoms with E-state index in [2.05, 4.69) is 22.8 Å². The SMILES string of the molecule is CCCC(NC(=O)OCC1c2ccccc2-c2ccccc21)C(=O)NC(C)C(C)C(=O)O. The fraction of sp³-hybridized carbons (Fsp3) is 0.400. The van der Waals surface area contributed by atoms with Crippen molar-refractivity contribution in [1.29, 1.82) is 0 Å². The quantitative estimate of drug-likeness (QED) is 0.550. The lowest BCUT2D eigenvalue weighted by molar-refractivity contribution is -0.142. The molecule has 2 aromatic carbocycles. The van der Waals surface area contributed by atoms with Crippen molar-refractivity contribution >= 4 is 18.0 Å². The van der Waals surface area contributed by atoms with E-state index < -0.39 is 36.0 Å². The molecule has 0 bridgehead atoms. The summed E-state index contributed by atoms with van der Waals surface area (Å²) in [6.07, 6.45) is 0.425. The van der Waals surface area contributed by atoms with Crippen LogP contribution in [0.1, 0.15) is 50.7 Å². The fourth-order valence-corrected chi connectivity index (χ4v) is 4.00. The van der Waals surface area contributed by atoms with Gasteiger partial charge in [-0.15, -0.1) is 0 Å². The van der Waals surface area contributed by atoms with E-state index in [0.717, 1.165) is 22.3 Å². The molecule has 3 rings (SSSR count). The molecule has 0 aromatic heterocycles. The summed E-state index contributed by atoms with van der Waals surface area (Å²) in [6.45, 7) is 5.23. The minimum Gasteiger partial charge on any atom is -0.481 e. The van der Waals surface area contributed by atoms with E-state index in [4.69, 9.17) is 9.84 Å². The molecule has 0 spiro atoms. The van der Waals surface area contributed by atoms with Gasteiger partial charge in [0.2, 0.25) is 5.91 Å². The number of carbonyl (C=O) groups is 3. The maximum absolute atomic E-state index is 12.6. The number of hydrogen-bond acceptors (Lipinski definition) is 4. The summed E-state index contributed by atoms with van der Waals surface area (Å²) in [5.41, 5.74) is 4.51. The molecule has 0 saturated carbocycles. The minimum atomic E-state index is -0.991. The number of rotatable bonds is 9. The lowest BCUT2D eigenvalue weighted by atomic mass is 9.98. The topological polar surface area (TPSA) is 105 Å². The van der Waals surface area contributed by atoms with E-state index in [1.165, 1.54) is 6.92 Å². The fourth-order valence-electron chi connectivity index (χ4n) is 4.00. The average Bonchev–Trinajstić information content (AvgIpc) is 3.10. The zero-order valence-corrected chi connectivity index (χ0v) is 18.6. The molecular formula is C25H30N2O5. The van der Waals surface area contributed by atoms with Gasteiger partial charge < -0.3 is 20.5 Å². The largest absolute Gasteiger partial charge is 0.481 e. The number of carboxylic acid groups (broad SMARTS) is 1. The lowest BCUT2D eigenvalue weighted by Gasteiger charge is -2.23. The van der Waals surface area contributed by atoms with Gasteiger partial charge >= 0.3 is 12.1 Å². The first kappa shape index (κ1) is 23.3. The van der Waals surface area contributed by atoms with Crippen molar-refractivity contribution in [3.05, 3.63) is 59.7 Å². The summed E-state index contributed by atoms with van der Waals surface area (Å²) in [7, 11) is 0. The van der Waals surface area contributed by atoms with Crippen molar-refractivity contribution in [1.82, 2.24) is 10.6 Å². The number of nitrogens with one attached hydrogen (secondary N) is 2. The third-order valence-electron chi connectivity index (χ3n) is 6.04. The molecule has 3 atom stereocenters. The first-order valence-electron chi connectivity index (χ1n) is 11.0. The van der Waals surface area contributed by atoms with Gasteiger partial charge in [-0.25, -0.2) is 4.79 Å². The number of benzene rings is 2. The number of carbonyl (C=O) groups excluding carboxylic acids is 2. The van der Waals surface area contributed by atoms with Gasteiger partial charge in [-0.3, -0.25) is 9.59 Å². The maximum Gasteiger partial charge on any atom is 0.407 e. The number of alkyl carbamates (subject to hydrolysis) is 1. The van der Waals surface area contributed by atoms with Crippen LogP contribution in [0.25, 0.3) is 11.1 Å². The van der Waals surface area contributed by atoms with E-state index in [-0.39, 0.29) is 12.5 Å². The second-order valence-electron chi connectivity index (χ2n) is 8.24. The highest BCUT2D eigenvalue weighted by Gasteiger charge is 2.30. The molecular weight excluding hydrogens is 408 g/mol. The van der Waals surface area contributed by atoms with Crippen LogP contribution >= 0.6 is 0 Å². The monoisotopic (exact) mass is 438 g/mol. The Morgan fingerprint density at radius 2 is 1.53 bits per heavy atom. The van der Waals surface area contributed by atoms with Crippen LogP contribution in [-0.2, 0) is 14.3 Å². The van der Waals surface area contributed by atoms with Crippen molar-refractivity contribution in [2.75, 3.05) is 6.61 Å². The van der Waals surface area contributed by atoms with Crippen LogP contribution in [0.5, 0.6) is 0 Å². The van der Waals surface area contributed by atoms with Crippen LogP contribution in [0.15, 0.2) is 48.5 Å². The van der Waals surface area contributed by atoms with Crippen molar-refractivity contribution < 1.29 is 24.2 Å². The average molecular weight is 439 g/mol. The van der Waals surface area contributed by atoms with Gasteiger partial charge in [-0.2, -0.15) is 0 Å². The standard InChI is InChI=1S/C25H30N2O5/c1-4-9-22(23(28)26-16(3)15(2)24(29)30)27-25(31)32-14-21-19-12-7-5-10-17(19)18-11-6-8-13-20(18)21/h5-8,10-13,15-16,21-22H,4,9,14H2,1-3H3,(H,26,28)(H,27,31)(H,29,30). The summed E-state index contributed by atoms with van der Waals surface area (Å²) >= 11 is 0. The van der Waals surface area contributed by atoms with E-state index in [9.17, 15) is 14.4 Å². The van der Waals surface area contributed by atoms with Crippen molar-refractivity contribution in [3.8, 4) is 11.1 Å². The number of aliphatic carboxylic acids is 1. The molecule has 0 radical (unpaired) electrons. The molecule has 2 aromatic rings. The Labute approximate surface area is 188 Å². The second kappa shape index (κ2) is 10.3. The highest BCUT2D eigenvalue weighted by Crippen LogP contribution is 2.44. The van der Waals surface area contributed by atoms with Gasteiger partial charge in [0.05, 0.1) is 5.92 Å². The van der Waals surface area contributed by atoms with Crippen LogP contribution in [0.3, 0.4) is 0 Å². The Balaban J connectivity index is 1.63. The summed E-state index contributed by atoms with van der Waals surface area (Å²) in [6, 6.07) is 14.8. The third kappa shape index (κ3) is 5.10. The van der Waals surface area contributed by atoms with E-state index in [1.54, 1.807) is 6.92 Å². The summed E-state index contributed by atoms with van der Waals surface area (Å²) in [4.78, 5) is 36.3. The molecule has 0 saturated heterocycles. The van der Waals surface area contributed by atoms with E-state index in [1.807, 2.05) is 43.3 Å². The molecule has 170 valence electrons.